The van der Waals surface area contributed by atoms with E-state index in [0.717, 1.165) is 5.56 Å². The van der Waals surface area contributed by atoms with Gasteiger partial charge in [0.25, 0.3) is 5.91 Å². The van der Waals surface area contributed by atoms with E-state index < -0.39 is 6.04 Å². The summed E-state index contributed by atoms with van der Waals surface area (Å²) in [6.07, 6.45) is 0.0992. The van der Waals surface area contributed by atoms with Gasteiger partial charge in [-0.2, -0.15) is 0 Å². The molecule has 1 saturated heterocycles. The lowest BCUT2D eigenvalue weighted by atomic mass is 10.2. The molecule has 25 heavy (non-hydrogen) atoms. The van der Waals surface area contributed by atoms with Gasteiger partial charge in [0.05, 0.1) is 32.0 Å². The monoisotopic (exact) mass is 340 g/mol. The molecule has 130 valence electrons. The van der Waals surface area contributed by atoms with Gasteiger partial charge >= 0.3 is 0 Å². The molecule has 0 aliphatic carbocycles. The lowest BCUT2D eigenvalue weighted by Crippen LogP contribution is -2.34. The van der Waals surface area contributed by atoms with Gasteiger partial charge in [0, 0.05) is 6.07 Å². The van der Waals surface area contributed by atoms with Crippen molar-refractivity contribution in [3.8, 4) is 11.5 Å². The van der Waals surface area contributed by atoms with Crippen LogP contribution in [0.25, 0.3) is 0 Å². The minimum atomic E-state index is -0.629. The third-order valence-corrected chi connectivity index (χ3v) is 4.14. The van der Waals surface area contributed by atoms with Crippen molar-refractivity contribution in [2.24, 2.45) is 0 Å². The van der Waals surface area contributed by atoms with E-state index in [1.165, 1.54) is 4.90 Å². The molecule has 6 heteroatoms. The first-order chi connectivity index (χ1) is 12.0. The Kier molecular flexibility index (Phi) is 4.61. The molecule has 1 atom stereocenters. The predicted octanol–water partition coefficient (Wildman–Crippen LogP) is 2.76. The summed E-state index contributed by atoms with van der Waals surface area (Å²) in [6.45, 7) is 1.92. The van der Waals surface area contributed by atoms with Gasteiger partial charge in [0.15, 0.2) is 0 Å². The third-order valence-electron chi connectivity index (χ3n) is 4.14. The zero-order valence-corrected chi connectivity index (χ0v) is 14.4. The highest BCUT2D eigenvalue weighted by molar-refractivity contribution is 6.23. The van der Waals surface area contributed by atoms with Crippen LogP contribution < -0.4 is 19.7 Å². The summed E-state index contributed by atoms with van der Waals surface area (Å²) in [5.41, 5.74) is 2.23. The second kappa shape index (κ2) is 6.84. The van der Waals surface area contributed by atoms with Crippen LogP contribution in [0.15, 0.2) is 42.5 Å². The van der Waals surface area contributed by atoms with Crippen molar-refractivity contribution < 1.29 is 19.1 Å². The molecule has 1 unspecified atom stereocenters. The molecule has 3 rings (SSSR count). The molecule has 1 aliphatic rings. The van der Waals surface area contributed by atoms with Crippen molar-refractivity contribution in [1.82, 2.24) is 0 Å². The Morgan fingerprint density at radius 3 is 2.56 bits per heavy atom. The fourth-order valence-electron chi connectivity index (χ4n) is 2.89. The van der Waals surface area contributed by atoms with Gasteiger partial charge < -0.3 is 14.8 Å². The Morgan fingerprint density at radius 2 is 1.88 bits per heavy atom. The van der Waals surface area contributed by atoms with Gasteiger partial charge in [0.1, 0.15) is 17.5 Å². The Hall–Kier alpha value is -3.02. The lowest BCUT2D eigenvalue weighted by Gasteiger charge is -2.18. The Labute approximate surface area is 146 Å². The highest BCUT2D eigenvalue weighted by Gasteiger charge is 2.39. The Bertz CT molecular complexity index is 819. The van der Waals surface area contributed by atoms with Crippen molar-refractivity contribution in [1.29, 1.82) is 0 Å². The van der Waals surface area contributed by atoms with Crippen LogP contribution in [0.2, 0.25) is 0 Å². The molecule has 0 radical (unpaired) electrons. The number of benzene rings is 2. The maximum atomic E-state index is 12.7. The van der Waals surface area contributed by atoms with E-state index in [2.05, 4.69) is 5.32 Å². The fraction of sp³-hybridized carbons (Fsp3) is 0.263. The van der Waals surface area contributed by atoms with Crippen LogP contribution in [0.3, 0.4) is 0 Å². The van der Waals surface area contributed by atoms with E-state index in [4.69, 9.17) is 9.47 Å². The number of carbonyl (C=O) groups excluding carboxylic acids is 2. The van der Waals surface area contributed by atoms with Crippen LogP contribution in [0.5, 0.6) is 11.5 Å². The molecule has 1 heterocycles. The topological polar surface area (TPSA) is 67.9 Å². The number of ether oxygens (including phenoxy) is 2. The summed E-state index contributed by atoms with van der Waals surface area (Å²) in [7, 11) is 3.11. The molecule has 2 aromatic carbocycles. The smallest absolute Gasteiger partial charge is 0.256 e. The van der Waals surface area contributed by atoms with Crippen LogP contribution in [-0.2, 0) is 9.59 Å². The maximum Gasteiger partial charge on any atom is 0.256 e. The molecule has 1 fully saturated rings. The second-order valence-electron chi connectivity index (χ2n) is 5.87. The van der Waals surface area contributed by atoms with Crippen molar-refractivity contribution in [3.63, 3.8) is 0 Å². The molecule has 0 saturated carbocycles. The van der Waals surface area contributed by atoms with Crippen LogP contribution in [0.1, 0.15) is 12.0 Å². The van der Waals surface area contributed by atoms with Gasteiger partial charge in [-0.25, -0.2) is 4.90 Å². The summed E-state index contributed by atoms with van der Waals surface area (Å²) >= 11 is 0. The zero-order chi connectivity index (χ0) is 18.0. The number of nitrogens with one attached hydrogen (secondary N) is 1. The SMILES string of the molecule is COc1ccc(NC2CC(=O)N(c3cccc(C)c3)C2=O)c(OC)c1. The van der Waals surface area contributed by atoms with Crippen molar-refractivity contribution in [2.75, 3.05) is 24.4 Å². The molecule has 0 bridgehead atoms. The summed E-state index contributed by atoms with van der Waals surface area (Å²) < 4.78 is 10.5. The molecule has 0 spiro atoms. The largest absolute Gasteiger partial charge is 0.497 e. The van der Waals surface area contributed by atoms with E-state index in [1.807, 2.05) is 25.1 Å². The number of nitrogens with zero attached hydrogens (tertiary/aromatic N) is 1. The van der Waals surface area contributed by atoms with Crippen LogP contribution in [0, 0.1) is 6.92 Å². The molecule has 2 aromatic rings. The first-order valence-corrected chi connectivity index (χ1v) is 7.95. The first kappa shape index (κ1) is 16.8. The molecule has 0 aromatic heterocycles. The highest BCUT2D eigenvalue weighted by Crippen LogP contribution is 2.32. The number of imide groups is 1. The van der Waals surface area contributed by atoms with Crippen LogP contribution in [0.4, 0.5) is 11.4 Å². The fourth-order valence-corrected chi connectivity index (χ4v) is 2.89. The number of amides is 2. The highest BCUT2D eigenvalue weighted by atomic mass is 16.5. The average Bonchev–Trinajstić information content (AvgIpc) is 2.88. The molecule has 1 aliphatic heterocycles. The van der Waals surface area contributed by atoms with E-state index in [0.29, 0.717) is 22.9 Å². The number of hydrogen-bond donors (Lipinski definition) is 1. The molecule has 2 amide bonds. The van der Waals surface area contributed by atoms with E-state index in [9.17, 15) is 9.59 Å². The summed E-state index contributed by atoms with van der Waals surface area (Å²) in [5.74, 6) is 0.709. The minimum Gasteiger partial charge on any atom is -0.497 e. The van der Waals surface area contributed by atoms with Crippen LogP contribution in [-0.4, -0.2) is 32.1 Å². The normalized spacial score (nSPS) is 16.9. The van der Waals surface area contributed by atoms with E-state index in [-0.39, 0.29) is 18.2 Å². The first-order valence-electron chi connectivity index (χ1n) is 7.95. The van der Waals surface area contributed by atoms with Crippen LogP contribution >= 0.6 is 0 Å². The number of anilines is 2. The third kappa shape index (κ3) is 3.28. The number of methoxy groups -OCH3 is 2. The molecule has 6 nitrogen and oxygen atoms in total. The van der Waals surface area contributed by atoms with E-state index >= 15 is 0 Å². The van der Waals surface area contributed by atoms with Gasteiger partial charge in [-0.15, -0.1) is 0 Å². The van der Waals surface area contributed by atoms with Crippen molar-refractivity contribution in [3.05, 3.63) is 48.0 Å². The van der Waals surface area contributed by atoms with Gasteiger partial charge in [-0.1, -0.05) is 12.1 Å². The Balaban J connectivity index is 1.83. The number of carbonyl (C=O) groups is 2. The maximum absolute atomic E-state index is 12.7. The molecular weight excluding hydrogens is 320 g/mol. The summed E-state index contributed by atoms with van der Waals surface area (Å²) in [6, 6.07) is 12.0. The molecular formula is C19H20N2O4. The quantitative estimate of drug-likeness (QED) is 0.848. The summed E-state index contributed by atoms with van der Waals surface area (Å²) in [5, 5.41) is 3.11. The summed E-state index contributed by atoms with van der Waals surface area (Å²) in [4.78, 5) is 26.3. The average molecular weight is 340 g/mol. The molecule has 1 N–H and O–H groups in total. The van der Waals surface area contributed by atoms with Crippen molar-refractivity contribution >= 4 is 23.2 Å². The zero-order valence-electron chi connectivity index (χ0n) is 14.4. The van der Waals surface area contributed by atoms with Gasteiger partial charge in [-0.05, 0) is 36.8 Å². The number of aryl methyl sites for hydroxylation is 1. The second-order valence-corrected chi connectivity index (χ2v) is 5.87. The number of hydrogen-bond acceptors (Lipinski definition) is 5. The minimum absolute atomic E-state index is 0.0992. The Morgan fingerprint density at radius 1 is 1.08 bits per heavy atom. The predicted molar refractivity (Wildman–Crippen MR) is 95.2 cm³/mol. The van der Waals surface area contributed by atoms with E-state index in [1.54, 1.807) is 38.5 Å². The van der Waals surface area contributed by atoms with Gasteiger partial charge in [-0.3, -0.25) is 9.59 Å². The van der Waals surface area contributed by atoms with Gasteiger partial charge in [0.2, 0.25) is 5.91 Å². The number of rotatable bonds is 5. The van der Waals surface area contributed by atoms with Crippen molar-refractivity contribution in [2.45, 2.75) is 19.4 Å². The lowest BCUT2D eigenvalue weighted by molar-refractivity contribution is -0.121. The standard InChI is InChI=1S/C19H20N2O4/c1-12-5-4-6-13(9-12)21-18(22)11-16(19(21)23)20-15-8-7-14(24-2)10-17(15)25-3/h4-10,16,20H,11H2,1-3H3.